The predicted molar refractivity (Wildman–Crippen MR) is 66.0 cm³/mol. The van der Waals surface area contributed by atoms with Crippen LogP contribution >= 0.6 is 0 Å². The first-order valence-corrected chi connectivity index (χ1v) is 5.93. The molecule has 0 rings (SSSR count). The quantitative estimate of drug-likeness (QED) is 0.638. The molecule has 0 saturated carbocycles. The van der Waals surface area contributed by atoms with Gasteiger partial charge in [-0.1, -0.05) is 20.8 Å². The van der Waals surface area contributed by atoms with Crippen LogP contribution in [0.3, 0.4) is 0 Å². The largest absolute Gasteiger partial charge is 0.396 e. The summed E-state index contributed by atoms with van der Waals surface area (Å²) in [7, 11) is 0. The molecule has 4 nitrogen and oxygen atoms in total. The van der Waals surface area contributed by atoms with Crippen LogP contribution in [0.1, 0.15) is 47.0 Å². The van der Waals surface area contributed by atoms with Gasteiger partial charge in [-0.3, -0.25) is 4.79 Å². The fourth-order valence-corrected chi connectivity index (χ4v) is 1.31. The van der Waals surface area contributed by atoms with Gasteiger partial charge in [0.15, 0.2) is 0 Å². The molecule has 0 aromatic rings. The number of carbonyl (C=O) groups excluding carboxylic acids is 1. The number of nitrogens with one attached hydrogen (secondary N) is 1. The zero-order valence-corrected chi connectivity index (χ0v) is 10.9. The Balaban J connectivity index is 3.90. The van der Waals surface area contributed by atoms with Crippen molar-refractivity contribution in [2.45, 2.75) is 59.0 Å². The van der Waals surface area contributed by atoms with E-state index in [9.17, 15) is 4.79 Å². The molecule has 0 saturated heterocycles. The molecular weight excluding hydrogens is 204 g/mol. The number of carbonyl (C=O) groups is 1. The highest BCUT2D eigenvalue weighted by atomic mass is 16.2. The van der Waals surface area contributed by atoms with Crippen molar-refractivity contribution in [3.8, 4) is 0 Å². The first kappa shape index (κ1) is 15.4. The maximum Gasteiger partial charge on any atom is 0.221 e. The van der Waals surface area contributed by atoms with E-state index in [2.05, 4.69) is 5.32 Å². The summed E-state index contributed by atoms with van der Waals surface area (Å²) < 4.78 is 0. The van der Waals surface area contributed by atoms with E-state index in [1.807, 2.05) is 27.7 Å². The monoisotopic (exact) mass is 230 g/mol. The van der Waals surface area contributed by atoms with E-state index in [1.165, 1.54) is 0 Å². The molecule has 0 aliphatic rings. The fraction of sp³-hybridized carbons (Fsp3) is 0.917. The Morgan fingerprint density at radius 2 is 2.00 bits per heavy atom. The summed E-state index contributed by atoms with van der Waals surface area (Å²) in [5.74, 6) is -0.00661. The standard InChI is InChI=1S/C12H26N2O2/c1-9(6-5-7-15)14-11(16)8-10(13)12(2,3)4/h9-10,15H,5-8,13H2,1-4H3,(H,14,16). The van der Waals surface area contributed by atoms with Crippen molar-refractivity contribution in [2.75, 3.05) is 6.61 Å². The smallest absolute Gasteiger partial charge is 0.221 e. The average Bonchev–Trinajstić information content (AvgIpc) is 2.12. The van der Waals surface area contributed by atoms with Gasteiger partial charge < -0.3 is 16.2 Å². The van der Waals surface area contributed by atoms with Gasteiger partial charge in [-0.15, -0.1) is 0 Å². The number of hydrogen-bond acceptors (Lipinski definition) is 3. The van der Waals surface area contributed by atoms with Crippen molar-refractivity contribution < 1.29 is 9.90 Å². The van der Waals surface area contributed by atoms with Crippen LogP contribution in [0.5, 0.6) is 0 Å². The van der Waals surface area contributed by atoms with Crippen molar-refractivity contribution in [1.29, 1.82) is 0 Å². The number of amides is 1. The second-order valence-corrected chi connectivity index (χ2v) is 5.51. The lowest BCUT2D eigenvalue weighted by atomic mass is 9.85. The van der Waals surface area contributed by atoms with E-state index in [1.54, 1.807) is 0 Å². The van der Waals surface area contributed by atoms with Gasteiger partial charge in [0.05, 0.1) is 0 Å². The molecule has 0 aliphatic carbocycles. The molecule has 0 heterocycles. The molecule has 4 N–H and O–H groups in total. The summed E-state index contributed by atoms with van der Waals surface area (Å²) in [6.45, 7) is 8.19. The Kier molecular flexibility index (Phi) is 6.60. The van der Waals surface area contributed by atoms with Gasteiger partial charge in [0.1, 0.15) is 0 Å². The Labute approximate surface area is 98.6 Å². The van der Waals surface area contributed by atoms with Gasteiger partial charge in [-0.05, 0) is 25.2 Å². The molecule has 0 aliphatic heterocycles. The van der Waals surface area contributed by atoms with Crippen LogP contribution in [0, 0.1) is 5.41 Å². The predicted octanol–water partition coefficient (Wildman–Crippen LogP) is 1.03. The Morgan fingerprint density at radius 1 is 1.44 bits per heavy atom. The summed E-state index contributed by atoms with van der Waals surface area (Å²) in [6, 6.07) is -0.0237. The van der Waals surface area contributed by atoms with Gasteiger partial charge >= 0.3 is 0 Å². The van der Waals surface area contributed by atoms with Crippen LogP contribution < -0.4 is 11.1 Å². The van der Waals surface area contributed by atoms with E-state index in [0.29, 0.717) is 12.8 Å². The summed E-state index contributed by atoms with van der Waals surface area (Å²) in [5, 5.41) is 11.6. The lowest BCUT2D eigenvalue weighted by molar-refractivity contribution is -0.122. The van der Waals surface area contributed by atoms with Gasteiger partial charge in [-0.25, -0.2) is 0 Å². The number of aliphatic hydroxyl groups is 1. The topological polar surface area (TPSA) is 75.3 Å². The van der Waals surface area contributed by atoms with Crippen molar-refractivity contribution in [3.05, 3.63) is 0 Å². The van der Waals surface area contributed by atoms with Crippen molar-refractivity contribution in [3.63, 3.8) is 0 Å². The number of rotatable bonds is 6. The van der Waals surface area contributed by atoms with Crippen LogP contribution in [-0.2, 0) is 4.79 Å². The fourth-order valence-electron chi connectivity index (χ4n) is 1.31. The third-order valence-electron chi connectivity index (χ3n) is 2.72. The minimum absolute atomic E-state index is 0.00661. The van der Waals surface area contributed by atoms with E-state index in [-0.39, 0.29) is 30.0 Å². The van der Waals surface area contributed by atoms with Crippen molar-refractivity contribution in [1.82, 2.24) is 5.32 Å². The van der Waals surface area contributed by atoms with Crippen LogP contribution in [0.15, 0.2) is 0 Å². The lowest BCUT2D eigenvalue weighted by Crippen LogP contribution is -2.42. The normalized spacial score (nSPS) is 15.6. The van der Waals surface area contributed by atoms with Crippen LogP contribution in [-0.4, -0.2) is 29.7 Å². The molecule has 0 spiro atoms. The van der Waals surface area contributed by atoms with Gasteiger partial charge in [-0.2, -0.15) is 0 Å². The molecule has 0 radical (unpaired) electrons. The third kappa shape index (κ3) is 6.80. The highest BCUT2D eigenvalue weighted by molar-refractivity contribution is 5.76. The molecule has 2 atom stereocenters. The molecule has 0 aromatic heterocycles. The number of hydrogen-bond donors (Lipinski definition) is 3. The molecule has 2 unspecified atom stereocenters. The van der Waals surface area contributed by atoms with E-state index >= 15 is 0 Å². The Morgan fingerprint density at radius 3 is 2.44 bits per heavy atom. The molecule has 4 heteroatoms. The lowest BCUT2D eigenvalue weighted by Gasteiger charge is -2.27. The summed E-state index contributed by atoms with van der Waals surface area (Å²) in [5.41, 5.74) is 5.88. The highest BCUT2D eigenvalue weighted by Gasteiger charge is 2.23. The maximum absolute atomic E-state index is 11.6. The Hall–Kier alpha value is -0.610. The van der Waals surface area contributed by atoms with Gasteiger partial charge in [0.2, 0.25) is 5.91 Å². The second-order valence-electron chi connectivity index (χ2n) is 5.51. The van der Waals surface area contributed by atoms with Crippen molar-refractivity contribution in [2.24, 2.45) is 11.1 Å². The first-order chi connectivity index (χ1) is 7.27. The molecule has 1 amide bonds. The second kappa shape index (κ2) is 6.86. The maximum atomic E-state index is 11.6. The van der Waals surface area contributed by atoms with Gasteiger partial charge in [0.25, 0.3) is 0 Å². The zero-order valence-electron chi connectivity index (χ0n) is 10.9. The SMILES string of the molecule is CC(CCCO)NC(=O)CC(N)C(C)(C)C. The molecule has 16 heavy (non-hydrogen) atoms. The molecular formula is C12H26N2O2. The molecule has 0 bridgehead atoms. The van der Waals surface area contributed by atoms with Crippen LogP contribution in [0.25, 0.3) is 0 Å². The van der Waals surface area contributed by atoms with E-state index in [0.717, 1.165) is 6.42 Å². The first-order valence-electron chi connectivity index (χ1n) is 5.93. The molecule has 0 aromatic carbocycles. The minimum Gasteiger partial charge on any atom is -0.396 e. The summed E-state index contributed by atoms with van der Waals surface area (Å²) >= 11 is 0. The number of aliphatic hydroxyl groups excluding tert-OH is 1. The summed E-state index contributed by atoms with van der Waals surface area (Å²) in [6.07, 6.45) is 1.87. The zero-order chi connectivity index (χ0) is 12.8. The average molecular weight is 230 g/mol. The van der Waals surface area contributed by atoms with E-state index < -0.39 is 0 Å². The van der Waals surface area contributed by atoms with Crippen molar-refractivity contribution >= 4 is 5.91 Å². The Bertz CT molecular complexity index is 212. The van der Waals surface area contributed by atoms with Gasteiger partial charge in [0, 0.05) is 25.1 Å². The summed E-state index contributed by atoms with van der Waals surface area (Å²) in [4.78, 5) is 11.6. The highest BCUT2D eigenvalue weighted by Crippen LogP contribution is 2.19. The van der Waals surface area contributed by atoms with Crippen LogP contribution in [0.2, 0.25) is 0 Å². The minimum atomic E-state index is -0.127. The molecule has 96 valence electrons. The number of nitrogens with two attached hydrogens (primary N) is 1. The molecule has 0 fully saturated rings. The van der Waals surface area contributed by atoms with Crippen LogP contribution in [0.4, 0.5) is 0 Å². The van der Waals surface area contributed by atoms with E-state index in [4.69, 9.17) is 10.8 Å². The third-order valence-corrected chi connectivity index (χ3v) is 2.72.